The molecule has 0 bridgehead atoms. The highest BCUT2D eigenvalue weighted by molar-refractivity contribution is 5.78. The van der Waals surface area contributed by atoms with E-state index in [0.717, 1.165) is 45.4 Å². The number of hydrogen-bond donors (Lipinski definition) is 1. The number of amides is 3. The summed E-state index contributed by atoms with van der Waals surface area (Å²) in [7, 11) is 4.09. The van der Waals surface area contributed by atoms with Crippen LogP contribution < -0.4 is 5.32 Å². The molecule has 0 spiro atoms. The fraction of sp³-hybridized carbons (Fsp3) is 0.867. The van der Waals surface area contributed by atoms with E-state index < -0.39 is 0 Å². The number of hydrogen-bond acceptors (Lipinski definition) is 3. The second kappa shape index (κ2) is 7.64. The normalized spacial score (nSPS) is 22.7. The van der Waals surface area contributed by atoms with Crippen molar-refractivity contribution in [3.8, 4) is 0 Å². The number of piperidine rings is 1. The van der Waals surface area contributed by atoms with E-state index in [9.17, 15) is 9.59 Å². The van der Waals surface area contributed by atoms with Crippen LogP contribution in [0.1, 0.15) is 32.1 Å². The van der Waals surface area contributed by atoms with Gasteiger partial charge in [-0.15, -0.1) is 0 Å². The summed E-state index contributed by atoms with van der Waals surface area (Å²) in [4.78, 5) is 30.0. The van der Waals surface area contributed by atoms with Crippen LogP contribution >= 0.6 is 0 Å². The lowest BCUT2D eigenvalue weighted by molar-refractivity contribution is -0.131. The van der Waals surface area contributed by atoms with Crippen LogP contribution in [0.15, 0.2) is 0 Å². The second-order valence-corrected chi connectivity index (χ2v) is 6.28. The van der Waals surface area contributed by atoms with Crippen molar-refractivity contribution in [1.29, 1.82) is 0 Å². The first kappa shape index (κ1) is 16.1. The Morgan fingerprint density at radius 2 is 1.81 bits per heavy atom. The molecule has 0 saturated carbocycles. The molecule has 0 aromatic rings. The van der Waals surface area contributed by atoms with Gasteiger partial charge in [0.05, 0.1) is 0 Å². The second-order valence-electron chi connectivity index (χ2n) is 6.28. The molecule has 0 aliphatic carbocycles. The molecule has 0 aromatic heterocycles. The van der Waals surface area contributed by atoms with Crippen molar-refractivity contribution in [2.24, 2.45) is 0 Å². The van der Waals surface area contributed by atoms with Gasteiger partial charge >= 0.3 is 6.03 Å². The van der Waals surface area contributed by atoms with Gasteiger partial charge in [-0.1, -0.05) is 0 Å². The van der Waals surface area contributed by atoms with Crippen molar-refractivity contribution in [3.63, 3.8) is 0 Å². The number of likely N-dealkylation sites (N-methyl/N-ethyl adjacent to an activating group) is 1. The van der Waals surface area contributed by atoms with Gasteiger partial charge in [0.1, 0.15) is 0 Å². The lowest BCUT2D eigenvalue weighted by Gasteiger charge is -2.27. The third-order valence-corrected chi connectivity index (χ3v) is 4.50. The van der Waals surface area contributed by atoms with Gasteiger partial charge in [0, 0.05) is 45.2 Å². The first-order valence-corrected chi connectivity index (χ1v) is 8.05. The molecule has 3 amide bonds. The summed E-state index contributed by atoms with van der Waals surface area (Å²) in [5, 5.41) is 2.88. The number of carbonyl (C=O) groups excluding carboxylic acids is 2. The highest BCUT2D eigenvalue weighted by Crippen LogP contribution is 2.13. The average molecular weight is 296 g/mol. The van der Waals surface area contributed by atoms with Gasteiger partial charge in [0.15, 0.2) is 0 Å². The molecule has 120 valence electrons. The van der Waals surface area contributed by atoms with Crippen molar-refractivity contribution in [1.82, 2.24) is 20.0 Å². The Hall–Kier alpha value is -1.30. The van der Waals surface area contributed by atoms with Gasteiger partial charge in [0.2, 0.25) is 5.91 Å². The molecular weight excluding hydrogens is 268 g/mol. The molecule has 0 aromatic carbocycles. The molecule has 0 radical (unpaired) electrons. The molecule has 1 N–H and O–H groups in total. The topological polar surface area (TPSA) is 55.9 Å². The van der Waals surface area contributed by atoms with Crippen molar-refractivity contribution in [3.05, 3.63) is 0 Å². The quantitative estimate of drug-likeness (QED) is 0.832. The summed E-state index contributed by atoms with van der Waals surface area (Å²) in [6, 6.07) is 0.413. The summed E-state index contributed by atoms with van der Waals surface area (Å²) in [5.74, 6) is 0.169. The van der Waals surface area contributed by atoms with Crippen LogP contribution in [0.2, 0.25) is 0 Å². The molecule has 1 unspecified atom stereocenters. The van der Waals surface area contributed by atoms with E-state index in [0.29, 0.717) is 19.0 Å². The Bertz CT molecular complexity index is 367. The van der Waals surface area contributed by atoms with Crippen molar-refractivity contribution in [2.45, 2.75) is 38.1 Å². The Morgan fingerprint density at radius 3 is 2.43 bits per heavy atom. The predicted octanol–water partition coefficient (Wildman–Crippen LogP) is 0.735. The molecular formula is C15H28N4O2. The highest BCUT2D eigenvalue weighted by atomic mass is 16.2. The zero-order valence-electron chi connectivity index (χ0n) is 13.3. The molecule has 2 saturated heterocycles. The average Bonchev–Trinajstić information content (AvgIpc) is 2.98. The smallest absolute Gasteiger partial charge is 0.317 e. The third-order valence-electron chi connectivity index (χ3n) is 4.50. The lowest BCUT2D eigenvalue weighted by Crippen LogP contribution is -2.42. The first-order chi connectivity index (χ1) is 10.1. The SMILES string of the molecule is CN(C)C1CCN(C(=O)NCCC(=O)N2CCCCC2)C1. The van der Waals surface area contributed by atoms with Crippen LogP contribution in [0.3, 0.4) is 0 Å². The first-order valence-electron chi connectivity index (χ1n) is 8.05. The van der Waals surface area contributed by atoms with E-state index in [1.807, 2.05) is 23.9 Å². The van der Waals surface area contributed by atoms with E-state index in [1.54, 1.807) is 0 Å². The van der Waals surface area contributed by atoms with Gasteiger partial charge in [-0.3, -0.25) is 4.79 Å². The number of nitrogens with zero attached hydrogens (tertiary/aromatic N) is 3. The van der Waals surface area contributed by atoms with Gasteiger partial charge in [0.25, 0.3) is 0 Å². The standard InChI is InChI=1S/C15H28N4O2/c1-17(2)13-7-11-19(12-13)15(21)16-8-6-14(20)18-9-4-3-5-10-18/h13H,3-12H2,1-2H3,(H,16,21). The molecule has 2 heterocycles. The number of rotatable bonds is 4. The summed E-state index contributed by atoms with van der Waals surface area (Å²) < 4.78 is 0. The molecule has 2 aliphatic rings. The Balaban J connectivity index is 1.64. The summed E-state index contributed by atoms with van der Waals surface area (Å²) >= 11 is 0. The fourth-order valence-corrected chi connectivity index (χ4v) is 3.04. The molecule has 6 nitrogen and oxygen atoms in total. The summed E-state index contributed by atoms with van der Waals surface area (Å²) in [6.07, 6.45) is 4.88. The maximum atomic E-state index is 12.0. The van der Waals surface area contributed by atoms with Crippen LogP contribution in [0.4, 0.5) is 4.79 Å². The number of urea groups is 1. The minimum atomic E-state index is -0.0363. The molecule has 2 aliphatic heterocycles. The maximum absolute atomic E-state index is 12.0. The molecule has 2 rings (SSSR count). The molecule has 21 heavy (non-hydrogen) atoms. The Morgan fingerprint density at radius 1 is 1.10 bits per heavy atom. The third kappa shape index (κ3) is 4.59. The molecule has 6 heteroatoms. The highest BCUT2D eigenvalue weighted by Gasteiger charge is 2.27. The lowest BCUT2D eigenvalue weighted by atomic mass is 10.1. The number of likely N-dealkylation sites (tertiary alicyclic amines) is 2. The van der Waals surface area contributed by atoms with Crippen molar-refractivity contribution >= 4 is 11.9 Å². The minimum absolute atomic E-state index is 0.0363. The Labute approximate surface area is 127 Å². The van der Waals surface area contributed by atoms with Gasteiger partial charge in [-0.2, -0.15) is 0 Å². The van der Waals surface area contributed by atoms with E-state index in [2.05, 4.69) is 10.2 Å². The number of carbonyl (C=O) groups is 2. The number of nitrogens with one attached hydrogen (secondary N) is 1. The van der Waals surface area contributed by atoms with Crippen LogP contribution in [0.5, 0.6) is 0 Å². The van der Waals surface area contributed by atoms with Gasteiger partial charge < -0.3 is 20.0 Å². The van der Waals surface area contributed by atoms with E-state index in [4.69, 9.17) is 0 Å². The maximum Gasteiger partial charge on any atom is 0.317 e. The molecule has 1 atom stereocenters. The monoisotopic (exact) mass is 296 g/mol. The van der Waals surface area contributed by atoms with Gasteiger partial charge in [-0.25, -0.2) is 4.79 Å². The van der Waals surface area contributed by atoms with Crippen molar-refractivity contribution in [2.75, 3.05) is 46.8 Å². The van der Waals surface area contributed by atoms with Gasteiger partial charge in [-0.05, 0) is 39.8 Å². The largest absolute Gasteiger partial charge is 0.343 e. The van der Waals surface area contributed by atoms with Crippen LogP contribution in [-0.4, -0.2) is 79.5 Å². The van der Waals surface area contributed by atoms with Crippen molar-refractivity contribution < 1.29 is 9.59 Å². The summed E-state index contributed by atoms with van der Waals surface area (Å²) in [5.41, 5.74) is 0. The molecule has 2 fully saturated rings. The van der Waals surface area contributed by atoms with E-state index >= 15 is 0 Å². The van der Waals surface area contributed by atoms with Crippen LogP contribution in [-0.2, 0) is 4.79 Å². The van der Waals surface area contributed by atoms with Crippen LogP contribution in [0.25, 0.3) is 0 Å². The fourth-order valence-electron chi connectivity index (χ4n) is 3.04. The zero-order chi connectivity index (χ0) is 15.2. The minimum Gasteiger partial charge on any atom is -0.343 e. The predicted molar refractivity (Wildman–Crippen MR) is 82.1 cm³/mol. The van der Waals surface area contributed by atoms with E-state index in [1.165, 1.54) is 6.42 Å². The van der Waals surface area contributed by atoms with E-state index in [-0.39, 0.29) is 11.9 Å². The van der Waals surface area contributed by atoms with Crippen LogP contribution in [0, 0.1) is 0 Å². The zero-order valence-corrected chi connectivity index (χ0v) is 13.3. The summed E-state index contributed by atoms with van der Waals surface area (Å²) in [6.45, 7) is 3.78. The Kier molecular flexibility index (Phi) is 5.85.